The fourth-order valence-electron chi connectivity index (χ4n) is 3.29. The summed E-state index contributed by atoms with van der Waals surface area (Å²) in [5, 5.41) is 1.20. The standard InChI is InChI=1S/C20H17NO/c22-16-10-6-9-15(13-16)19-17-11-4-5-12-18(17)21-20(19)14-7-2-1-3-8-14/h1-5,7-8,11-13,21H,6,9-10H2. The first-order valence-electron chi connectivity index (χ1n) is 7.73. The number of carbonyl (C=O) groups is 1. The van der Waals surface area contributed by atoms with E-state index in [-0.39, 0.29) is 5.78 Å². The summed E-state index contributed by atoms with van der Waals surface area (Å²) in [5.41, 5.74) is 5.74. The molecule has 1 heterocycles. The van der Waals surface area contributed by atoms with E-state index in [1.165, 1.54) is 10.9 Å². The summed E-state index contributed by atoms with van der Waals surface area (Å²) >= 11 is 0. The van der Waals surface area contributed by atoms with Crippen LogP contribution >= 0.6 is 0 Å². The number of aromatic nitrogens is 1. The molecule has 2 aromatic carbocycles. The fraction of sp³-hybridized carbons (Fsp3) is 0.150. The molecule has 0 radical (unpaired) electrons. The second kappa shape index (κ2) is 5.30. The zero-order valence-corrected chi connectivity index (χ0v) is 12.3. The van der Waals surface area contributed by atoms with Gasteiger partial charge >= 0.3 is 0 Å². The van der Waals surface area contributed by atoms with Crippen LogP contribution in [0.1, 0.15) is 24.8 Å². The Morgan fingerprint density at radius 1 is 0.864 bits per heavy atom. The van der Waals surface area contributed by atoms with Crippen molar-refractivity contribution >= 4 is 22.3 Å². The van der Waals surface area contributed by atoms with Crippen molar-refractivity contribution < 1.29 is 4.79 Å². The van der Waals surface area contributed by atoms with Crippen LogP contribution in [0.25, 0.3) is 27.7 Å². The van der Waals surface area contributed by atoms with Gasteiger partial charge in [0.05, 0.1) is 5.69 Å². The number of hydrogen-bond acceptors (Lipinski definition) is 1. The normalized spacial score (nSPS) is 15.1. The number of fused-ring (bicyclic) bond motifs is 1. The van der Waals surface area contributed by atoms with E-state index in [9.17, 15) is 4.79 Å². The van der Waals surface area contributed by atoms with E-state index in [2.05, 4.69) is 35.3 Å². The SMILES string of the molecule is O=C1C=C(c2c(-c3ccccc3)[nH]c3ccccc23)CCC1. The van der Waals surface area contributed by atoms with E-state index in [0.717, 1.165) is 35.2 Å². The van der Waals surface area contributed by atoms with Gasteiger partial charge in [0.15, 0.2) is 5.78 Å². The minimum atomic E-state index is 0.241. The van der Waals surface area contributed by atoms with Gasteiger partial charge in [0.1, 0.15) is 0 Å². The molecule has 108 valence electrons. The largest absolute Gasteiger partial charge is 0.354 e. The van der Waals surface area contributed by atoms with Crippen molar-refractivity contribution in [2.75, 3.05) is 0 Å². The molecule has 0 saturated heterocycles. The number of H-pyrrole nitrogens is 1. The van der Waals surface area contributed by atoms with Gasteiger partial charge in [-0.25, -0.2) is 0 Å². The van der Waals surface area contributed by atoms with Gasteiger partial charge in [-0.1, -0.05) is 48.5 Å². The summed E-state index contributed by atoms with van der Waals surface area (Å²) < 4.78 is 0. The molecule has 0 spiro atoms. The molecule has 0 bridgehead atoms. The highest BCUT2D eigenvalue weighted by molar-refractivity contribution is 6.06. The number of allylic oxidation sites excluding steroid dienone is 2. The molecule has 2 heteroatoms. The van der Waals surface area contributed by atoms with Crippen molar-refractivity contribution in [3.05, 3.63) is 66.2 Å². The van der Waals surface area contributed by atoms with E-state index in [1.807, 2.05) is 30.3 Å². The predicted octanol–water partition coefficient (Wildman–Crippen LogP) is 4.97. The Morgan fingerprint density at radius 3 is 2.45 bits per heavy atom. The summed E-state index contributed by atoms with van der Waals surface area (Å²) in [6.07, 6.45) is 4.42. The van der Waals surface area contributed by atoms with Gasteiger partial charge in [0.25, 0.3) is 0 Å². The molecule has 0 aliphatic heterocycles. The Hall–Kier alpha value is -2.61. The van der Waals surface area contributed by atoms with Crippen molar-refractivity contribution in [1.29, 1.82) is 0 Å². The van der Waals surface area contributed by atoms with Crippen LogP contribution < -0.4 is 0 Å². The van der Waals surface area contributed by atoms with Gasteiger partial charge in [-0.05, 0) is 36.1 Å². The molecule has 0 unspecified atom stereocenters. The van der Waals surface area contributed by atoms with Crippen molar-refractivity contribution in [1.82, 2.24) is 4.98 Å². The van der Waals surface area contributed by atoms with Crippen molar-refractivity contribution in [3.8, 4) is 11.3 Å². The monoisotopic (exact) mass is 287 g/mol. The zero-order chi connectivity index (χ0) is 14.9. The highest BCUT2D eigenvalue weighted by atomic mass is 16.1. The summed E-state index contributed by atoms with van der Waals surface area (Å²) in [5.74, 6) is 0.241. The number of nitrogens with one attached hydrogen (secondary N) is 1. The van der Waals surface area contributed by atoms with Crippen LogP contribution in [0.2, 0.25) is 0 Å². The molecular formula is C20H17NO. The average Bonchev–Trinajstić information content (AvgIpc) is 2.95. The zero-order valence-electron chi connectivity index (χ0n) is 12.3. The third-order valence-electron chi connectivity index (χ3n) is 4.29. The highest BCUT2D eigenvalue weighted by Crippen LogP contribution is 2.38. The number of para-hydroxylation sites is 1. The Morgan fingerprint density at radius 2 is 1.64 bits per heavy atom. The smallest absolute Gasteiger partial charge is 0.155 e. The fourth-order valence-corrected chi connectivity index (χ4v) is 3.29. The third-order valence-corrected chi connectivity index (χ3v) is 4.29. The molecule has 3 aromatic rings. The molecule has 1 aromatic heterocycles. The quantitative estimate of drug-likeness (QED) is 0.709. The lowest BCUT2D eigenvalue weighted by Gasteiger charge is -2.14. The van der Waals surface area contributed by atoms with Gasteiger partial charge in [-0.3, -0.25) is 4.79 Å². The highest BCUT2D eigenvalue weighted by Gasteiger charge is 2.19. The first kappa shape index (κ1) is 13.1. The summed E-state index contributed by atoms with van der Waals surface area (Å²) in [4.78, 5) is 15.4. The second-order valence-corrected chi connectivity index (χ2v) is 5.78. The molecule has 0 atom stereocenters. The molecule has 1 aliphatic carbocycles. The van der Waals surface area contributed by atoms with Gasteiger partial charge in [-0.15, -0.1) is 0 Å². The van der Waals surface area contributed by atoms with Crippen LogP contribution in [0.3, 0.4) is 0 Å². The molecule has 4 rings (SSSR count). The van der Waals surface area contributed by atoms with Crippen LogP contribution in [0.15, 0.2) is 60.7 Å². The van der Waals surface area contributed by atoms with E-state index < -0.39 is 0 Å². The average molecular weight is 287 g/mol. The van der Waals surface area contributed by atoms with Gasteiger partial charge in [-0.2, -0.15) is 0 Å². The number of aromatic amines is 1. The molecule has 0 fully saturated rings. The maximum atomic E-state index is 11.9. The van der Waals surface area contributed by atoms with E-state index in [4.69, 9.17) is 0 Å². The van der Waals surface area contributed by atoms with Gasteiger partial charge < -0.3 is 4.98 Å². The minimum Gasteiger partial charge on any atom is -0.354 e. The van der Waals surface area contributed by atoms with Crippen LogP contribution in [0, 0.1) is 0 Å². The lowest BCUT2D eigenvalue weighted by atomic mass is 9.90. The lowest BCUT2D eigenvalue weighted by molar-refractivity contribution is -0.114. The molecular weight excluding hydrogens is 270 g/mol. The Labute approximate surface area is 129 Å². The van der Waals surface area contributed by atoms with E-state index in [0.29, 0.717) is 6.42 Å². The van der Waals surface area contributed by atoms with Crippen LogP contribution in [0.5, 0.6) is 0 Å². The molecule has 22 heavy (non-hydrogen) atoms. The van der Waals surface area contributed by atoms with Crippen LogP contribution in [0.4, 0.5) is 0 Å². The molecule has 0 amide bonds. The van der Waals surface area contributed by atoms with E-state index >= 15 is 0 Å². The second-order valence-electron chi connectivity index (χ2n) is 5.78. The van der Waals surface area contributed by atoms with E-state index in [1.54, 1.807) is 0 Å². The molecule has 2 nitrogen and oxygen atoms in total. The van der Waals surface area contributed by atoms with Gasteiger partial charge in [0, 0.05) is 22.9 Å². The predicted molar refractivity (Wildman–Crippen MR) is 90.6 cm³/mol. The van der Waals surface area contributed by atoms with Crippen molar-refractivity contribution in [3.63, 3.8) is 0 Å². The first-order valence-corrected chi connectivity index (χ1v) is 7.73. The Bertz CT molecular complexity index is 871. The van der Waals surface area contributed by atoms with Crippen molar-refractivity contribution in [2.24, 2.45) is 0 Å². The number of benzene rings is 2. The Balaban J connectivity index is 2.01. The summed E-state index contributed by atoms with van der Waals surface area (Å²) in [7, 11) is 0. The van der Waals surface area contributed by atoms with Crippen molar-refractivity contribution in [2.45, 2.75) is 19.3 Å². The number of carbonyl (C=O) groups excluding carboxylic acids is 1. The lowest BCUT2D eigenvalue weighted by Crippen LogP contribution is -2.02. The maximum absolute atomic E-state index is 11.9. The number of hydrogen-bond donors (Lipinski definition) is 1. The topological polar surface area (TPSA) is 32.9 Å². The van der Waals surface area contributed by atoms with Crippen LogP contribution in [-0.4, -0.2) is 10.8 Å². The Kier molecular flexibility index (Phi) is 3.15. The van der Waals surface area contributed by atoms with Gasteiger partial charge in [0.2, 0.25) is 0 Å². The minimum absolute atomic E-state index is 0.241. The molecule has 1 N–H and O–H groups in total. The number of rotatable bonds is 2. The number of ketones is 1. The maximum Gasteiger partial charge on any atom is 0.155 e. The molecule has 0 saturated carbocycles. The van der Waals surface area contributed by atoms with Crippen LogP contribution in [-0.2, 0) is 4.79 Å². The first-order chi connectivity index (χ1) is 10.8. The summed E-state index contributed by atoms with van der Waals surface area (Å²) in [6, 6.07) is 18.7. The molecule has 1 aliphatic rings. The summed E-state index contributed by atoms with van der Waals surface area (Å²) in [6.45, 7) is 0. The third kappa shape index (κ3) is 2.17.